The van der Waals surface area contributed by atoms with Gasteiger partial charge in [-0.2, -0.15) is 0 Å². The average molecular weight is 421 g/mol. The Morgan fingerprint density at radius 1 is 1.03 bits per heavy atom. The number of aromatic nitrogens is 1. The molecule has 2 aromatic rings. The summed E-state index contributed by atoms with van der Waals surface area (Å²) in [6.07, 6.45) is 5.91. The van der Waals surface area contributed by atoms with Crippen molar-refractivity contribution in [1.29, 1.82) is 0 Å². The highest BCUT2D eigenvalue weighted by Gasteiger charge is 2.29. The van der Waals surface area contributed by atoms with Crippen LogP contribution in [-0.4, -0.2) is 47.9 Å². The Bertz CT molecular complexity index is 932. The van der Waals surface area contributed by atoms with Crippen molar-refractivity contribution in [2.45, 2.75) is 46.1 Å². The molecular weight excluding hydrogens is 388 g/mol. The van der Waals surface area contributed by atoms with Crippen molar-refractivity contribution in [3.05, 3.63) is 58.8 Å². The molecule has 2 aliphatic heterocycles. The largest absolute Gasteiger partial charge is 0.357 e. The number of amides is 2. The summed E-state index contributed by atoms with van der Waals surface area (Å²) < 4.78 is 0. The van der Waals surface area contributed by atoms with Crippen LogP contribution in [0.3, 0.4) is 0 Å². The van der Waals surface area contributed by atoms with Gasteiger partial charge in [-0.05, 0) is 69.4 Å². The number of nitrogens with one attached hydrogen (secondary N) is 1. The summed E-state index contributed by atoms with van der Waals surface area (Å²) in [7, 11) is 0. The van der Waals surface area contributed by atoms with Crippen molar-refractivity contribution in [2.75, 3.05) is 31.1 Å². The number of nitrogens with zero attached hydrogens (tertiary/aromatic N) is 3. The number of hydrogen-bond donors (Lipinski definition) is 1. The summed E-state index contributed by atoms with van der Waals surface area (Å²) in [6.45, 7) is 7.79. The summed E-state index contributed by atoms with van der Waals surface area (Å²) in [4.78, 5) is 34.5. The summed E-state index contributed by atoms with van der Waals surface area (Å²) in [5.41, 5.74) is 3.94. The lowest BCUT2D eigenvalue weighted by Crippen LogP contribution is -2.45. The van der Waals surface area contributed by atoms with E-state index in [0.717, 1.165) is 48.4 Å². The molecule has 0 radical (unpaired) electrons. The molecule has 1 aromatic heterocycles. The average Bonchev–Trinajstić information content (AvgIpc) is 3.32. The topological polar surface area (TPSA) is 65.5 Å². The highest BCUT2D eigenvalue weighted by molar-refractivity contribution is 5.95. The molecule has 2 fully saturated rings. The van der Waals surface area contributed by atoms with Crippen LogP contribution in [0.15, 0.2) is 36.5 Å². The minimum absolute atomic E-state index is 0.0219. The summed E-state index contributed by atoms with van der Waals surface area (Å²) in [6, 6.07) is 9.96. The number of rotatable bonds is 5. The lowest BCUT2D eigenvalue weighted by Gasteiger charge is -2.32. The van der Waals surface area contributed by atoms with Crippen LogP contribution in [0.1, 0.15) is 52.7 Å². The van der Waals surface area contributed by atoms with Crippen LogP contribution in [0.25, 0.3) is 0 Å². The first-order valence-corrected chi connectivity index (χ1v) is 11.3. The highest BCUT2D eigenvalue weighted by atomic mass is 16.2. The predicted octanol–water partition coefficient (Wildman–Crippen LogP) is 3.47. The zero-order valence-corrected chi connectivity index (χ0v) is 18.6. The molecule has 0 aliphatic carbocycles. The van der Waals surface area contributed by atoms with Gasteiger partial charge in [-0.3, -0.25) is 9.59 Å². The Morgan fingerprint density at radius 3 is 2.52 bits per heavy atom. The predicted molar refractivity (Wildman–Crippen MR) is 122 cm³/mol. The first-order chi connectivity index (χ1) is 15.0. The second-order valence-corrected chi connectivity index (χ2v) is 8.90. The molecule has 3 heterocycles. The van der Waals surface area contributed by atoms with Crippen LogP contribution in [0.2, 0.25) is 0 Å². The minimum Gasteiger partial charge on any atom is -0.357 e. The third kappa shape index (κ3) is 5.24. The number of carbonyl (C=O) groups excluding carboxylic acids is 2. The number of benzene rings is 1. The summed E-state index contributed by atoms with van der Waals surface area (Å²) in [5.74, 6) is 0.877. The molecular formula is C25H32N4O2. The highest BCUT2D eigenvalue weighted by Crippen LogP contribution is 2.21. The number of carbonyl (C=O) groups is 2. The van der Waals surface area contributed by atoms with Gasteiger partial charge >= 0.3 is 0 Å². The first kappa shape index (κ1) is 21.3. The van der Waals surface area contributed by atoms with Crippen molar-refractivity contribution in [3.63, 3.8) is 0 Å². The van der Waals surface area contributed by atoms with Gasteiger partial charge in [0.05, 0.1) is 5.92 Å². The summed E-state index contributed by atoms with van der Waals surface area (Å²) >= 11 is 0. The number of likely N-dealkylation sites (tertiary alicyclic amines) is 1. The van der Waals surface area contributed by atoms with E-state index in [0.29, 0.717) is 25.2 Å². The van der Waals surface area contributed by atoms with Crippen LogP contribution in [0, 0.1) is 19.8 Å². The second-order valence-electron chi connectivity index (χ2n) is 8.90. The Kier molecular flexibility index (Phi) is 6.54. The molecule has 4 rings (SSSR count). The number of anilines is 1. The van der Waals surface area contributed by atoms with E-state index in [1.54, 1.807) is 0 Å². The van der Waals surface area contributed by atoms with Gasteiger partial charge in [0.1, 0.15) is 5.82 Å². The van der Waals surface area contributed by atoms with Gasteiger partial charge in [0, 0.05) is 44.5 Å². The third-order valence-corrected chi connectivity index (χ3v) is 6.25. The lowest BCUT2D eigenvalue weighted by molar-refractivity contribution is -0.126. The fourth-order valence-corrected chi connectivity index (χ4v) is 4.68. The van der Waals surface area contributed by atoms with E-state index in [1.165, 1.54) is 12.8 Å². The molecule has 1 aromatic carbocycles. The maximum absolute atomic E-state index is 13.0. The van der Waals surface area contributed by atoms with Gasteiger partial charge in [0.2, 0.25) is 5.91 Å². The maximum atomic E-state index is 13.0. The van der Waals surface area contributed by atoms with Crippen LogP contribution in [0.5, 0.6) is 0 Å². The van der Waals surface area contributed by atoms with E-state index < -0.39 is 0 Å². The quantitative estimate of drug-likeness (QED) is 0.804. The van der Waals surface area contributed by atoms with E-state index in [9.17, 15) is 9.59 Å². The van der Waals surface area contributed by atoms with Gasteiger partial charge in [0.25, 0.3) is 5.91 Å². The normalized spacial score (nSPS) is 18.8. The molecule has 2 saturated heterocycles. The molecule has 31 heavy (non-hydrogen) atoms. The van der Waals surface area contributed by atoms with Crippen molar-refractivity contribution >= 4 is 17.6 Å². The van der Waals surface area contributed by atoms with Gasteiger partial charge in [0.15, 0.2) is 0 Å². The smallest absolute Gasteiger partial charge is 0.253 e. The van der Waals surface area contributed by atoms with E-state index >= 15 is 0 Å². The number of aryl methyl sites for hydroxylation is 2. The zero-order chi connectivity index (χ0) is 21.8. The SMILES string of the molecule is Cc1cc(C)cc(C(=O)N2CCCC(C(=O)NCc3ccnc(N4CCCC4)c3)C2)c1. The molecule has 164 valence electrons. The molecule has 6 nitrogen and oxygen atoms in total. The van der Waals surface area contributed by atoms with E-state index in [4.69, 9.17) is 0 Å². The van der Waals surface area contributed by atoms with E-state index in [1.807, 2.05) is 43.1 Å². The number of pyridine rings is 1. The Hall–Kier alpha value is -2.89. The Labute approximate surface area is 184 Å². The fourth-order valence-electron chi connectivity index (χ4n) is 4.68. The third-order valence-electron chi connectivity index (χ3n) is 6.25. The lowest BCUT2D eigenvalue weighted by atomic mass is 9.96. The van der Waals surface area contributed by atoms with Crippen molar-refractivity contribution < 1.29 is 9.59 Å². The number of hydrogen-bond acceptors (Lipinski definition) is 4. The molecule has 1 unspecified atom stereocenters. The standard InChI is InChI=1S/C25H32N4O2/c1-18-12-19(2)14-22(13-18)25(31)29-11-5-6-21(17-29)24(30)27-16-20-7-8-26-23(15-20)28-9-3-4-10-28/h7-8,12-15,21H,3-6,9-11,16-17H2,1-2H3,(H,27,30). The van der Waals surface area contributed by atoms with Crippen LogP contribution >= 0.6 is 0 Å². The molecule has 2 amide bonds. The first-order valence-electron chi connectivity index (χ1n) is 11.3. The van der Waals surface area contributed by atoms with E-state index in [2.05, 4.69) is 27.3 Å². The molecule has 0 bridgehead atoms. The van der Waals surface area contributed by atoms with Crippen LogP contribution < -0.4 is 10.2 Å². The van der Waals surface area contributed by atoms with Crippen molar-refractivity contribution in [1.82, 2.24) is 15.2 Å². The molecule has 1 N–H and O–H groups in total. The monoisotopic (exact) mass is 420 g/mol. The number of piperidine rings is 1. The van der Waals surface area contributed by atoms with Crippen LogP contribution in [0.4, 0.5) is 5.82 Å². The minimum atomic E-state index is -0.163. The van der Waals surface area contributed by atoms with Gasteiger partial charge in [-0.15, -0.1) is 0 Å². The molecule has 1 atom stereocenters. The van der Waals surface area contributed by atoms with E-state index in [-0.39, 0.29) is 17.7 Å². The van der Waals surface area contributed by atoms with Crippen LogP contribution in [-0.2, 0) is 11.3 Å². The van der Waals surface area contributed by atoms with Gasteiger partial charge < -0.3 is 15.1 Å². The van der Waals surface area contributed by atoms with Gasteiger partial charge in [-0.25, -0.2) is 4.98 Å². The van der Waals surface area contributed by atoms with Gasteiger partial charge in [-0.1, -0.05) is 17.2 Å². The molecule has 0 saturated carbocycles. The zero-order valence-electron chi connectivity index (χ0n) is 18.6. The Morgan fingerprint density at radius 2 is 1.77 bits per heavy atom. The fraction of sp³-hybridized carbons (Fsp3) is 0.480. The Balaban J connectivity index is 1.34. The maximum Gasteiger partial charge on any atom is 0.253 e. The summed E-state index contributed by atoms with van der Waals surface area (Å²) in [5, 5.41) is 3.08. The van der Waals surface area contributed by atoms with Crippen molar-refractivity contribution in [3.8, 4) is 0 Å². The van der Waals surface area contributed by atoms with Crippen molar-refractivity contribution in [2.24, 2.45) is 5.92 Å². The molecule has 0 spiro atoms. The molecule has 6 heteroatoms. The molecule has 2 aliphatic rings. The second kappa shape index (κ2) is 9.50.